The molecule has 1 rings (SSSR count). The molecule has 0 aliphatic heterocycles. The topological polar surface area (TPSA) is 12.0 Å². The van der Waals surface area contributed by atoms with Gasteiger partial charge in [0.1, 0.15) is 4.34 Å². The van der Waals surface area contributed by atoms with Crippen molar-refractivity contribution >= 4 is 38.9 Å². The summed E-state index contributed by atoms with van der Waals surface area (Å²) in [5.41, 5.74) is 0. The van der Waals surface area contributed by atoms with Gasteiger partial charge in [0, 0.05) is 15.4 Å². The van der Waals surface area contributed by atoms with Crippen molar-refractivity contribution in [3.05, 3.63) is 19.8 Å². The predicted molar refractivity (Wildman–Crippen MR) is 73.1 cm³/mol. The monoisotopic (exact) mass is 309 g/mol. The SMILES string of the molecule is CC(C)NCCCCc1cc(Br)c(Cl)s1. The number of halogens is 2. The maximum Gasteiger partial charge on any atom is 0.107 e. The molecule has 0 aliphatic carbocycles. The summed E-state index contributed by atoms with van der Waals surface area (Å²) >= 11 is 11.1. The summed E-state index contributed by atoms with van der Waals surface area (Å²) in [7, 11) is 0. The molecule has 1 N–H and O–H groups in total. The second-order valence-corrected chi connectivity index (χ2v) is 6.49. The van der Waals surface area contributed by atoms with Crippen molar-refractivity contribution in [3.63, 3.8) is 0 Å². The van der Waals surface area contributed by atoms with E-state index >= 15 is 0 Å². The van der Waals surface area contributed by atoms with Crippen LogP contribution in [-0.4, -0.2) is 12.6 Å². The Morgan fingerprint density at radius 1 is 1.47 bits per heavy atom. The van der Waals surface area contributed by atoms with Crippen LogP contribution in [0.3, 0.4) is 0 Å². The summed E-state index contributed by atoms with van der Waals surface area (Å²) in [5.74, 6) is 0. The van der Waals surface area contributed by atoms with Gasteiger partial charge in [-0.15, -0.1) is 11.3 Å². The lowest BCUT2D eigenvalue weighted by Crippen LogP contribution is -2.23. The molecule has 0 amide bonds. The molecule has 0 bridgehead atoms. The third kappa shape index (κ3) is 5.34. The zero-order chi connectivity index (χ0) is 11.3. The van der Waals surface area contributed by atoms with E-state index < -0.39 is 0 Å². The summed E-state index contributed by atoms with van der Waals surface area (Å²) in [5, 5.41) is 3.42. The number of thiophene rings is 1. The number of aryl methyl sites for hydroxylation is 1. The first kappa shape index (κ1) is 13.5. The van der Waals surface area contributed by atoms with Crippen molar-refractivity contribution in [1.82, 2.24) is 5.32 Å². The fourth-order valence-electron chi connectivity index (χ4n) is 1.33. The first-order valence-electron chi connectivity index (χ1n) is 5.26. The molecule has 0 spiro atoms. The molecule has 0 atom stereocenters. The van der Waals surface area contributed by atoms with Crippen LogP contribution in [0.15, 0.2) is 10.5 Å². The number of rotatable bonds is 6. The molecule has 1 aromatic heterocycles. The molecule has 4 heteroatoms. The number of nitrogens with one attached hydrogen (secondary N) is 1. The summed E-state index contributed by atoms with van der Waals surface area (Å²) in [6.45, 7) is 5.46. The van der Waals surface area contributed by atoms with E-state index in [9.17, 15) is 0 Å². The van der Waals surface area contributed by atoms with Crippen molar-refractivity contribution in [2.24, 2.45) is 0 Å². The van der Waals surface area contributed by atoms with Gasteiger partial charge in [-0.25, -0.2) is 0 Å². The van der Waals surface area contributed by atoms with Crippen LogP contribution in [0.4, 0.5) is 0 Å². The highest BCUT2D eigenvalue weighted by Crippen LogP contribution is 2.32. The third-order valence-electron chi connectivity index (χ3n) is 2.10. The Balaban J connectivity index is 2.15. The molecule has 86 valence electrons. The maximum absolute atomic E-state index is 5.97. The molecular formula is C11H17BrClNS. The fourth-order valence-corrected chi connectivity index (χ4v) is 3.16. The number of hydrogen-bond acceptors (Lipinski definition) is 2. The van der Waals surface area contributed by atoms with Gasteiger partial charge in [0.2, 0.25) is 0 Å². The highest BCUT2D eigenvalue weighted by molar-refractivity contribution is 9.10. The molecule has 0 saturated carbocycles. The molecule has 0 saturated heterocycles. The first-order chi connectivity index (χ1) is 7.09. The maximum atomic E-state index is 5.97. The molecule has 1 heterocycles. The Kier molecular flexibility index (Phi) is 6.20. The minimum Gasteiger partial charge on any atom is -0.315 e. The van der Waals surface area contributed by atoms with E-state index in [1.165, 1.54) is 17.7 Å². The standard InChI is InChI=1S/C11H17BrClNS/c1-8(2)14-6-4-3-5-9-7-10(12)11(13)15-9/h7-8,14H,3-6H2,1-2H3. The average molecular weight is 311 g/mol. The van der Waals surface area contributed by atoms with Gasteiger partial charge in [0.15, 0.2) is 0 Å². The Hall–Kier alpha value is 0.430. The zero-order valence-corrected chi connectivity index (χ0v) is 12.3. The molecule has 15 heavy (non-hydrogen) atoms. The van der Waals surface area contributed by atoms with Crippen LogP contribution < -0.4 is 5.32 Å². The highest BCUT2D eigenvalue weighted by Gasteiger charge is 2.03. The Bertz CT molecular complexity index is 279. The molecule has 0 aliphatic rings. The largest absolute Gasteiger partial charge is 0.315 e. The smallest absolute Gasteiger partial charge is 0.107 e. The highest BCUT2D eigenvalue weighted by atomic mass is 79.9. The van der Waals surface area contributed by atoms with E-state index in [4.69, 9.17) is 11.6 Å². The van der Waals surface area contributed by atoms with Gasteiger partial charge < -0.3 is 5.32 Å². The molecule has 0 fully saturated rings. The summed E-state index contributed by atoms with van der Waals surface area (Å²) < 4.78 is 1.90. The molecule has 0 aromatic carbocycles. The van der Waals surface area contributed by atoms with E-state index in [0.29, 0.717) is 6.04 Å². The molecule has 0 unspecified atom stereocenters. The Morgan fingerprint density at radius 2 is 2.20 bits per heavy atom. The van der Waals surface area contributed by atoms with E-state index in [1.807, 2.05) is 0 Å². The van der Waals surface area contributed by atoms with Crippen molar-refractivity contribution in [2.75, 3.05) is 6.54 Å². The Labute approximate surface area is 109 Å². The van der Waals surface area contributed by atoms with Crippen molar-refractivity contribution in [3.8, 4) is 0 Å². The van der Waals surface area contributed by atoms with Gasteiger partial charge in [-0.05, 0) is 47.8 Å². The van der Waals surface area contributed by atoms with Gasteiger partial charge in [-0.3, -0.25) is 0 Å². The molecule has 1 aromatic rings. The van der Waals surface area contributed by atoms with Gasteiger partial charge >= 0.3 is 0 Å². The van der Waals surface area contributed by atoms with E-state index in [-0.39, 0.29) is 0 Å². The van der Waals surface area contributed by atoms with Gasteiger partial charge in [-0.2, -0.15) is 0 Å². The van der Waals surface area contributed by atoms with Crippen LogP contribution in [0.5, 0.6) is 0 Å². The van der Waals surface area contributed by atoms with Crippen LogP contribution in [0, 0.1) is 0 Å². The van der Waals surface area contributed by atoms with Crippen molar-refractivity contribution < 1.29 is 0 Å². The minimum atomic E-state index is 0.593. The summed E-state index contributed by atoms with van der Waals surface area (Å²) in [4.78, 5) is 1.37. The number of hydrogen-bond donors (Lipinski definition) is 1. The van der Waals surface area contributed by atoms with Crippen molar-refractivity contribution in [2.45, 2.75) is 39.2 Å². The summed E-state index contributed by atoms with van der Waals surface area (Å²) in [6.07, 6.45) is 3.59. The number of unbranched alkanes of at least 4 members (excludes halogenated alkanes) is 1. The minimum absolute atomic E-state index is 0.593. The quantitative estimate of drug-likeness (QED) is 0.764. The molecule has 1 nitrogen and oxygen atoms in total. The van der Waals surface area contributed by atoms with E-state index in [1.54, 1.807) is 11.3 Å². The normalized spacial score (nSPS) is 11.3. The van der Waals surface area contributed by atoms with Gasteiger partial charge in [-0.1, -0.05) is 25.4 Å². The van der Waals surface area contributed by atoms with E-state index in [0.717, 1.165) is 21.8 Å². The molecular weight excluding hydrogens is 294 g/mol. The lowest BCUT2D eigenvalue weighted by molar-refractivity contribution is 0.558. The Morgan fingerprint density at radius 3 is 2.73 bits per heavy atom. The van der Waals surface area contributed by atoms with Crippen LogP contribution in [0.1, 0.15) is 31.6 Å². The molecule has 0 radical (unpaired) electrons. The fraction of sp³-hybridized carbons (Fsp3) is 0.636. The summed E-state index contributed by atoms with van der Waals surface area (Å²) in [6, 6.07) is 2.72. The van der Waals surface area contributed by atoms with Crippen LogP contribution in [0.25, 0.3) is 0 Å². The van der Waals surface area contributed by atoms with Crippen LogP contribution in [-0.2, 0) is 6.42 Å². The van der Waals surface area contributed by atoms with Gasteiger partial charge in [0.05, 0.1) is 0 Å². The second kappa shape index (κ2) is 6.89. The first-order valence-corrected chi connectivity index (χ1v) is 7.25. The zero-order valence-electron chi connectivity index (χ0n) is 9.15. The van der Waals surface area contributed by atoms with Crippen LogP contribution >= 0.6 is 38.9 Å². The third-order valence-corrected chi connectivity index (χ3v) is 4.63. The van der Waals surface area contributed by atoms with Crippen molar-refractivity contribution in [1.29, 1.82) is 0 Å². The second-order valence-electron chi connectivity index (χ2n) is 3.90. The van der Waals surface area contributed by atoms with E-state index in [2.05, 4.69) is 41.2 Å². The van der Waals surface area contributed by atoms with Gasteiger partial charge in [0.25, 0.3) is 0 Å². The van der Waals surface area contributed by atoms with Crippen LogP contribution in [0.2, 0.25) is 4.34 Å². The lowest BCUT2D eigenvalue weighted by Gasteiger charge is -2.06. The lowest BCUT2D eigenvalue weighted by atomic mass is 10.2. The predicted octanol–water partition coefficient (Wildman–Crippen LogP) is 4.48. The average Bonchev–Trinajstić information content (AvgIpc) is 2.45.